The van der Waals surface area contributed by atoms with Crippen molar-refractivity contribution in [2.75, 3.05) is 13.6 Å². The number of hydrogen-bond donors (Lipinski definition) is 1. The fraction of sp³-hybridized carbons (Fsp3) is 0.647. The van der Waals surface area contributed by atoms with Crippen molar-refractivity contribution < 1.29 is 0 Å². The maximum absolute atomic E-state index is 5.68. The Kier molecular flexibility index (Phi) is 5.41. The lowest BCUT2D eigenvalue weighted by atomic mass is 9.89. The average molecular weight is 260 g/mol. The van der Waals surface area contributed by atoms with Gasteiger partial charge in [-0.05, 0) is 49.4 Å². The first-order chi connectivity index (χ1) is 9.19. The molecular formula is C17H28N2. The van der Waals surface area contributed by atoms with E-state index in [0.29, 0.717) is 6.54 Å². The molecule has 2 nitrogen and oxygen atoms in total. The lowest BCUT2D eigenvalue weighted by Crippen LogP contribution is -2.27. The van der Waals surface area contributed by atoms with Crippen LogP contribution in [0.5, 0.6) is 0 Å². The molecule has 1 saturated carbocycles. The summed E-state index contributed by atoms with van der Waals surface area (Å²) in [6.07, 6.45) is 7.16. The zero-order chi connectivity index (χ0) is 13.7. The topological polar surface area (TPSA) is 29.3 Å². The van der Waals surface area contributed by atoms with E-state index < -0.39 is 0 Å². The number of benzene rings is 1. The Bertz CT molecular complexity index is 394. The summed E-state index contributed by atoms with van der Waals surface area (Å²) in [5.41, 5.74) is 9.73. The van der Waals surface area contributed by atoms with Gasteiger partial charge in [-0.3, -0.25) is 0 Å². The predicted octanol–water partition coefficient (Wildman–Crippen LogP) is 3.47. The fourth-order valence-corrected chi connectivity index (χ4v) is 3.23. The van der Waals surface area contributed by atoms with Gasteiger partial charge < -0.3 is 10.6 Å². The van der Waals surface area contributed by atoms with Gasteiger partial charge in [0.1, 0.15) is 0 Å². The minimum Gasteiger partial charge on any atom is -0.326 e. The van der Waals surface area contributed by atoms with Crippen molar-refractivity contribution in [1.82, 2.24) is 4.90 Å². The van der Waals surface area contributed by atoms with E-state index >= 15 is 0 Å². The molecule has 106 valence electrons. The summed E-state index contributed by atoms with van der Waals surface area (Å²) in [6.45, 7) is 5.15. The summed E-state index contributed by atoms with van der Waals surface area (Å²) in [5, 5.41) is 0. The summed E-state index contributed by atoms with van der Waals surface area (Å²) in [5.74, 6) is 0.919. The van der Waals surface area contributed by atoms with Crippen molar-refractivity contribution in [1.29, 1.82) is 0 Å². The van der Waals surface area contributed by atoms with Crippen LogP contribution in [0.15, 0.2) is 18.2 Å². The highest BCUT2D eigenvalue weighted by atomic mass is 15.1. The SMILES string of the molecule is Cc1cc(CN)ccc1CN(C)CC1CCCCC1. The lowest BCUT2D eigenvalue weighted by Gasteiger charge is -2.27. The van der Waals surface area contributed by atoms with Crippen molar-refractivity contribution in [3.63, 3.8) is 0 Å². The van der Waals surface area contributed by atoms with Gasteiger partial charge in [-0.1, -0.05) is 37.5 Å². The second kappa shape index (κ2) is 7.06. The zero-order valence-corrected chi connectivity index (χ0v) is 12.5. The molecule has 2 rings (SSSR count). The summed E-state index contributed by atoms with van der Waals surface area (Å²) in [4.78, 5) is 2.49. The lowest BCUT2D eigenvalue weighted by molar-refractivity contribution is 0.228. The Morgan fingerprint density at radius 2 is 1.95 bits per heavy atom. The standard InChI is InChI=1S/C17H28N2/c1-14-10-16(11-18)8-9-17(14)13-19(2)12-15-6-4-3-5-7-15/h8-10,15H,3-7,11-13,18H2,1-2H3. The highest BCUT2D eigenvalue weighted by Gasteiger charge is 2.15. The first kappa shape index (κ1) is 14.5. The third-order valence-corrected chi connectivity index (χ3v) is 4.38. The maximum Gasteiger partial charge on any atom is 0.0233 e. The average Bonchev–Trinajstić information content (AvgIpc) is 2.42. The molecular weight excluding hydrogens is 232 g/mol. The highest BCUT2D eigenvalue weighted by molar-refractivity contribution is 5.30. The minimum atomic E-state index is 0.638. The van der Waals surface area contributed by atoms with Crippen molar-refractivity contribution in [3.05, 3.63) is 34.9 Å². The van der Waals surface area contributed by atoms with Crippen LogP contribution in [0.25, 0.3) is 0 Å². The van der Waals surface area contributed by atoms with Crippen LogP contribution in [0.3, 0.4) is 0 Å². The molecule has 0 amide bonds. The molecule has 1 aliphatic carbocycles. The van der Waals surface area contributed by atoms with E-state index in [1.54, 1.807) is 0 Å². The Hall–Kier alpha value is -0.860. The van der Waals surface area contributed by atoms with Gasteiger partial charge in [0, 0.05) is 19.6 Å². The van der Waals surface area contributed by atoms with E-state index in [1.165, 1.54) is 55.3 Å². The third-order valence-electron chi connectivity index (χ3n) is 4.38. The molecule has 0 unspecified atom stereocenters. The van der Waals surface area contributed by atoms with Gasteiger partial charge in [0.15, 0.2) is 0 Å². The van der Waals surface area contributed by atoms with E-state index in [0.717, 1.165) is 12.5 Å². The smallest absolute Gasteiger partial charge is 0.0233 e. The number of nitrogens with zero attached hydrogens (tertiary/aromatic N) is 1. The first-order valence-electron chi connectivity index (χ1n) is 7.66. The molecule has 0 aliphatic heterocycles. The number of rotatable bonds is 5. The predicted molar refractivity (Wildman–Crippen MR) is 82.0 cm³/mol. The van der Waals surface area contributed by atoms with Gasteiger partial charge in [0.25, 0.3) is 0 Å². The number of hydrogen-bond acceptors (Lipinski definition) is 2. The second-order valence-electron chi connectivity index (χ2n) is 6.17. The maximum atomic E-state index is 5.68. The van der Waals surface area contributed by atoms with Crippen LogP contribution in [-0.4, -0.2) is 18.5 Å². The number of nitrogens with two attached hydrogens (primary N) is 1. The first-order valence-corrected chi connectivity index (χ1v) is 7.66. The molecule has 0 saturated heterocycles. The van der Waals surface area contributed by atoms with E-state index in [2.05, 4.69) is 37.1 Å². The molecule has 2 heteroatoms. The summed E-state index contributed by atoms with van der Waals surface area (Å²) in [7, 11) is 2.25. The van der Waals surface area contributed by atoms with Crippen LogP contribution in [0.4, 0.5) is 0 Å². The van der Waals surface area contributed by atoms with Crippen molar-refractivity contribution in [2.24, 2.45) is 11.7 Å². The van der Waals surface area contributed by atoms with Gasteiger partial charge in [-0.25, -0.2) is 0 Å². The Labute approximate surface area is 118 Å². The monoisotopic (exact) mass is 260 g/mol. The van der Waals surface area contributed by atoms with E-state index in [9.17, 15) is 0 Å². The van der Waals surface area contributed by atoms with E-state index in [1.807, 2.05) is 0 Å². The largest absolute Gasteiger partial charge is 0.326 e. The Morgan fingerprint density at radius 3 is 2.58 bits per heavy atom. The normalized spacial score (nSPS) is 17.1. The number of aryl methyl sites for hydroxylation is 1. The van der Waals surface area contributed by atoms with E-state index in [-0.39, 0.29) is 0 Å². The van der Waals surface area contributed by atoms with Gasteiger partial charge >= 0.3 is 0 Å². The molecule has 1 aromatic carbocycles. The van der Waals surface area contributed by atoms with Crippen LogP contribution in [0.1, 0.15) is 48.8 Å². The van der Waals surface area contributed by atoms with Gasteiger partial charge in [-0.15, -0.1) is 0 Å². The molecule has 0 spiro atoms. The van der Waals surface area contributed by atoms with Gasteiger partial charge in [-0.2, -0.15) is 0 Å². The van der Waals surface area contributed by atoms with Crippen molar-refractivity contribution in [3.8, 4) is 0 Å². The molecule has 0 aromatic heterocycles. The van der Waals surface area contributed by atoms with Gasteiger partial charge in [0.05, 0.1) is 0 Å². The molecule has 1 fully saturated rings. The molecule has 0 bridgehead atoms. The van der Waals surface area contributed by atoms with Crippen molar-refractivity contribution >= 4 is 0 Å². The quantitative estimate of drug-likeness (QED) is 0.878. The molecule has 0 heterocycles. The van der Waals surface area contributed by atoms with Gasteiger partial charge in [0.2, 0.25) is 0 Å². The van der Waals surface area contributed by atoms with Crippen LogP contribution in [0.2, 0.25) is 0 Å². The molecule has 1 aromatic rings. The summed E-state index contributed by atoms with van der Waals surface area (Å²) >= 11 is 0. The highest BCUT2D eigenvalue weighted by Crippen LogP contribution is 2.24. The summed E-state index contributed by atoms with van der Waals surface area (Å²) in [6, 6.07) is 6.63. The van der Waals surface area contributed by atoms with Crippen LogP contribution < -0.4 is 5.73 Å². The molecule has 1 aliphatic rings. The third kappa shape index (κ3) is 4.32. The summed E-state index contributed by atoms with van der Waals surface area (Å²) < 4.78 is 0. The van der Waals surface area contributed by atoms with E-state index in [4.69, 9.17) is 5.73 Å². The van der Waals surface area contributed by atoms with Crippen LogP contribution >= 0.6 is 0 Å². The molecule has 19 heavy (non-hydrogen) atoms. The van der Waals surface area contributed by atoms with Crippen molar-refractivity contribution in [2.45, 2.75) is 52.1 Å². The zero-order valence-electron chi connectivity index (χ0n) is 12.5. The minimum absolute atomic E-state index is 0.638. The molecule has 0 radical (unpaired) electrons. The Morgan fingerprint density at radius 1 is 1.21 bits per heavy atom. The second-order valence-corrected chi connectivity index (χ2v) is 6.17. The molecule has 2 N–H and O–H groups in total. The van der Waals surface area contributed by atoms with Crippen LogP contribution in [-0.2, 0) is 13.1 Å². The fourth-order valence-electron chi connectivity index (χ4n) is 3.23. The van der Waals surface area contributed by atoms with Crippen LogP contribution in [0, 0.1) is 12.8 Å². The Balaban J connectivity index is 1.88. The molecule has 0 atom stereocenters.